The molecule has 0 atom stereocenters. The number of nitrogens with zero attached hydrogens (tertiary/aromatic N) is 1. The first-order valence-corrected chi connectivity index (χ1v) is 10.2. The molecule has 0 saturated heterocycles. The molecule has 1 N–H and O–H groups in total. The number of anilines is 1. The fourth-order valence-corrected chi connectivity index (χ4v) is 3.16. The van der Waals surface area contributed by atoms with Crippen LogP contribution in [0.1, 0.15) is 45.8 Å². The van der Waals surface area contributed by atoms with Crippen LogP contribution in [0.25, 0.3) is 0 Å². The predicted octanol–water partition coefficient (Wildman–Crippen LogP) is 5.05. The molecule has 1 fully saturated rings. The summed E-state index contributed by atoms with van der Waals surface area (Å²) in [7, 11) is 0. The first-order chi connectivity index (χ1) is 14.6. The number of hydrogen-bond acceptors (Lipinski definition) is 5. The highest BCUT2D eigenvalue weighted by molar-refractivity contribution is 6.04. The Morgan fingerprint density at radius 1 is 1.13 bits per heavy atom. The van der Waals surface area contributed by atoms with Crippen LogP contribution >= 0.6 is 0 Å². The van der Waals surface area contributed by atoms with Crippen molar-refractivity contribution in [1.82, 2.24) is 5.16 Å². The van der Waals surface area contributed by atoms with Gasteiger partial charge in [-0.3, -0.25) is 4.79 Å². The van der Waals surface area contributed by atoms with Gasteiger partial charge in [-0.25, -0.2) is 0 Å². The van der Waals surface area contributed by atoms with Crippen molar-refractivity contribution >= 4 is 11.6 Å². The Kier molecular flexibility index (Phi) is 6.14. The second-order valence-electron chi connectivity index (χ2n) is 7.73. The smallest absolute Gasteiger partial charge is 0.255 e. The first-order valence-electron chi connectivity index (χ1n) is 10.2. The van der Waals surface area contributed by atoms with Crippen LogP contribution in [-0.4, -0.2) is 17.7 Å². The van der Waals surface area contributed by atoms with Gasteiger partial charge in [0.25, 0.3) is 5.91 Å². The summed E-state index contributed by atoms with van der Waals surface area (Å²) in [4.78, 5) is 12.7. The van der Waals surface area contributed by atoms with Gasteiger partial charge in [0.05, 0.1) is 17.9 Å². The lowest BCUT2D eigenvalue weighted by Crippen LogP contribution is -2.12. The Labute approximate surface area is 176 Å². The minimum absolute atomic E-state index is 0.186. The summed E-state index contributed by atoms with van der Waals surface area (Å²) in [5, 5.41) is 6.88. The normalized spacial score (nSPS) is 13.3. The number of hydrogen-bond donors (Lipinski definition) is 1. The number of rotatable bonds is 9. The van der Waals surface area contributed by atoms with Gasteiger partial charge in [-0.2, -0.15) is 0 Å². The quantitative estimate of drug-likeness (QED) is 0.538. The molecule has 6 heteroatoms. The highest BCUT2D eigenvalue weighted by Gasteiger charge is 2.21. The summed E-state index contributed by atoms with van der Waals surface area (Å²) >= 11 is 0. The SMILES string of the molecule is Cc1noc(C)c1COc1cccc(C(=O)Nc2cccc(COCC3CC3)c2)c1. The third kappa shape index (κ3) is 5.27. The van der Waals surface area contributed by atoms with Crippen LogP contribution in [0, 0.1) is 19.8 Å². The number of aryl methyl sites for hydroxylation is 2. The zero-order valence-electron chi connectivity index (χ0n) is 17.3. The number of benzene rings is 2. The maximum atomic E-state index is 12.7. The monoisotopic (exact) mass is 406 g/mol. The van der Waals surface area contributed by atoms with E-state index in [-0.39, 0.29) is 5.91 Å². The van der Waals surface area contributed by atoms with Gasteiger partial charge in [0.15, 0.2) is 0 Å². The molecule has 1 aliphatic carbocycles. The van der Waals surface area contributed by atoms with E-state index in [4.69, 9.17) is 14.0 Å². The summed E-state index contributed by atoms with van der Waals surface area (Å²) in [6.45, 7) is 5.45. The largest absolute Gasteiger partial charge is 0.489 e. The summed E-state index contributed by atoms with van der Waals surface area (Å²) in [5.74, 6) is 1.90. The van der Waals surface area contributed by atoms with E-state index >= 15 is 0 Å². The van der Waals surface area contributed by atoms with Gasteiger partial charge in [0.2, 0.25) is 0 Å². The molecular weight excluding hydrogens is 380 g/mol. The summed E-state index contributed by atoms with van der Waals surface area (Å²) in [6, 6.07) is 14.9. The number of nitrogens with one attached hydrogen (secondary N) is 1. The molecule has 156 valence electrons. The van der Waals surface area contributed by atoms with E-state index in [1.807, 2.05) is 44.2 Å². The molecule has 1 saturated carbocycles. The van der Waals surface area contributed by atoms with Gasteiger partial charge in [-0.15, -0.1) is 0 Å². The molecule has 3 aromatic rings. The Morgan fingerprint density at radius 2 is 1.97 bits per heavy atom. The van der Waals surface area contributed by atoms with Crippen molar-refractivity contribution in [1.29, 1.82) is 0 Å². The van der Waals surface area contributed by atoms with Gasteiger partial charge in [0.1, 0.15) is 18.1 Å². The lowest BCUT2D eigenvalue weighted by molar-refractivity contribution is 0.102. The molecule has 0 radical (unpaired) electrons. The first kappa shape index (κ1) is 20.2. The van der Waals surface area contributed by atoms with Crippen molar-refractivity contribution in [2.45, 2.75) is 39.9 Å². The molecule has 6 nitrogen and oxygen atoms in total. The van der Waals surface area contributed by atoms with Crippen LogP contribution in [0.15, 0.2) is 53.1 Å². The molecule has 30 heavy (non-hydrogen) atoms. The van der Waals surface area contributed by atoms with Crippen LogP contribution in [0.5, 0.6) is 5.75 Å². The Morgan fingerprint density at radius 3 is 2.73 bits per heavy atom. The Balaban J connectivity index is 1.35. The lowest BCUT2D eigenvalue weighted by Gasteiger charge is -2.10. The Hall–Kier alpha value is -3.12. The Bertz CT molecular complexity index is 1000. The standard InChI is InChI=1S/C24H26N2O4/c1-16-23(17(2)30-26-16)15-29-22-8-4-6-20(12-22)24(27)25-21-7-3-5-19(11-21)14-28-13-18-9-10-18/h3-8,11-12,18H,9-10,13-15H2,1-2H3,(H,25,27). The van der Waals surface area contributed by atoms with Gasteiger partial charge in [-0.05, 0) is 68.5 Å². The van der Waals surface area contributed by atoms with Crippen LogP contribution in [0.2, 0.25) is 0 Å². The van der Waals surface area contributed by atoms with Gasteiger partial charge in [0, 0.05) is 17.9 Å². The average Bonchev–Trinajstić information content (AvgIpc) is 3.51. The van der Waals surface area contributed by atoms with Gasteiger partial charge in [-0.1, -0.05) is 23.4 Å². The third-order valence-electron chi connectivity index (χ3n) is 5.16. The van der Waals surface area contributed by atoms with E-state index in [1.54, 1.807) is 18.2 Å². The molecule has 0 bridgehead atoms. The van der Waals surface area contributed by atoms with Crippen molar-refractivity contribution in [2.75, 3.05) is 11.9 Å². The molecule has 1 aromatic heterocycles. The predicted molar refractivity (Wildman–Crippen MR) is 114 cm³/mol. The molecular formula is C24H26N2O4. The minimum atomic E-state index is -0.186. The summed E-state index contributed by atoms with van der Waals surface area (Å²) in [6.07, 6.45) is 2.55. The fourth-order valence-electron chi connectivity index (χ4n) is 3.16. The lowest BCUT2D eigenvalue weighted by atomic mass is 10.1. The van der Waals surface area contributed by atoms with Crippen LogP contribution in [-0.2, 0) is 18.0 Å². The zero-order chi connectivity index (χ0) is 20.9. The maximum absolute atomic E-state index is 12.7. The third-order valence-corrected chi connectivity index (χ3v) is 5.16. The van der Waals surface area contributed by atoms with Crippen molar-refractivity contribution in [3.8, 4) is 5.75 Å². The highest BCUT2D eigenvalue weighted by Crippen LogP contribution is 2.29. The fraction of sp³-hybridized carbons (Fsp3) is 0.333. The molecule has 2 aromatic carbocycles. The highest BCUT2D eigenvalue weighted by atomic mass is 16.5. The molecule has 0 spiro atoms. The van der Waals surface area contributed by atoms with Gasteiger partial charge >= 0.3 is 0 Å². The summed E-state index contributed by atoms with van der Waals surface area (Å²) in [5.41, 5.74) is 4.05. The van der Waals surface area contributed by atoms with Crippen molar-refractivity contribution in [2.24, 2.45) is 5.92 Å². The van der Waals surface area contributed by atoms with E-state index in [0.29, 0.717) is 24.5 Å². The van der Waals surface area contributed by atoms with E-state index < -0.39 is 0 Å². The average molecular weight is 406 g/mol. The number of carbonyl (C=O) groups is 1. The minimum Gasteiger partial charge on any atom is -0.489 e. The van der Waals surface area contributed by atoms with Gasteiger partial charge < -0.3 is 19.3 Å². The molecule has 1 amide bonds. The molecule has 1 aliphatic rings. The zero-order valence-corrected chi connectivity index (χ0v) is 17.3. The second kappa shape index (κ2) is 9.13. The van der Waals surface area contributed by atoms with Crippen molar-refractivity contribution < 1.29 is 18.8 Å². The maximum Gasteiger partial charge on any atom is 0.255 e. The van der Waals surface area contributed by atoms with Crippen LogP contribution in [0.4, 0.5) is 5.69 Å². The van der Waals surface area contributed by atoms with E-state index in [2.05, 4.69) is 10.5 Å². The number of carbonyl (C=O) groups excluding carboxylic acids is 1. The van der Waals surface area contributed by atoms with Crippen molar-refractivity contribution in [3.63, 3.8) is 0 Å². The number of amides is 1. The van der Waals surface area contributed by atoms with Crippen molar-refractivity contribution in [3.05, 3.63) is 76.7 Å². The van der Waals surface area contributed by atoms with E-state index in [1.165, 1.54) is 12.8 Å². The topological polar surface area (TPSA) is 73.6 Å². The van der Waals surface area contributed by atoms with Crippen LogP contribution < -0.4 is 10.1 Å². The number of ether oxygens (including phenoxy) is 2. The molecule has 4 rings (SSSR count). The molecule has 0 unspecified atom stereocenters. The molecule has 1 heterocycles. The number of aromatic nitrogens is 1. The van der Waals surface area contributed by atoms with E-state index in [0.717, 1.165) is 40.8 Å². The summed E-state index contributed by atoms with van der Waals surface area (Å²) < 4.78 is 16.7. The van der Waals surface area contributed by atoms with E-state index in [9.17, 15) is 4.79 Å². The molecule has 0 aliphatic heterocycles. The van der Waals surface area contributed by atoms with Crippen LogP contribution in [0.3, 0.4) is 0 Å². The second-order valence-corrected chi connectivity index (χ2v) is 7.73.